The minimum absolute atomic E-state index is 0.538. The summed E-state index contributed by atoms with van der Waals surface area (Å²) in [6.45, 7) is 4.09. The van der Waals surface area contributed by atoms with E-state index in [1.165, 1.54) is 0 Å². The molecule has 0 radical (unpaired) electrons. The molecular formula is C14H11NO2. The van der Waals surface area contributed by atoms with Gasteiger partial charge < -0.3 is 9.47 Å². The fourth-order valence-electron chi connectivity index (χ4n) is 1.90. The summed E-state index contributed by atoms with van der Waals surface area (Å²) in [5.41, 5.74) is 2.84. The Morgan fingerprint density at radius 3 is 2.76 bits per heavy atom. The zero-order valence-corrected chi connectivity index (χ0v) is 9.43. The lowest BCUT2D eigenvalue weighted by atomic mass is 9.97. The molecule has 0 amide bonds. The number of fused-ring (bicyclic) bond motifs is 2. The topological polar surface area (TPSA) is 31.4 Å². The number of ether oxygens (including phenoxy) is 2. The molecule has 3 nitrogen and oxygen atoms in total. The predicted octanol–water partition coefficient (Wildman–Crippen LogP) is 3.26. The lowest BCUT2D eigenvalue weighted by Gasteiger charge is -2.21. The van der Waals surface area contributed by atoms with E-state index in [0.29, 0.717) is 11.8 Å². The van der Waals surface area contributed by atoms with Gasteiger partial charge in [0.1, 0.15) is 5.75 Å². The van der Waals surface area contributed by atoms with Crippen LogP contribution in [0.1, 0.15) is 11.1 Å². The van der Waals surface area contributed by atoms with Crippen molar-refractivity contribution in [3.63, 3.8) is 0 Å². The second-order valence-electron chi connectivity index (χ2n) is 3.78. The average Bonchev–Trinajstić information content (AvgIpc) is 2.38. The highest BCUT2D eigenvalue weighted by atomic mass is 16.5. The molecule has 0 atom stereocenters. The smallest absolute Gasteiger partial charge is 0.230 e. The summed E-state index contributed by atoms with van der Waals surface area (Å²) in [5, 5.41) is 0. The molecule has 17 heavy (non-hydrogen) atoms. The standard InChI is InChI=1S/C14H11NO2/c1-9-10-5-3-4-6-12(10)17-14-11(9)7-8-13(15-14)16-2/h3-8H,1H2,2H3. The van der Waals surface area contributed by atoms with Gasteiger partial charge in [0.15, 0.2) is 0 Å². The molecule has 3 heteroatoms. The van der Waals surface area contributed by atoms with Crippen molar-refractivity contribution in [1.82, 2.24) is 4.98 Å². The summed E-state index contributed by atoms with van der Waals surface area (Å²) in [6, 6.07) is 11.5. The molecule has 1 aromatic carbocycles. The van der Waals surface area contributed by atoms with Crippen LogP contribution >= 0.6 is 0 Å². The van der Waals surface area contributed by atoms with Crippen LogP contribution in [0.3, 0.4) is 0 Å². The minimum atomic E-state index is 0.538. The number of hydrogen-bond acceptors (Lipinski definition) is 3. The molecule has 84 valence electrons. The van der Waals surface area contributed by atoms with E-state index in [0.717, 1.165) is 22.4 Å². The summed E-state index contributed by atoms with van der Waals surface area (Å²) in [6.07, 6.45) is 0. The average molecular weight is 225 g/mol. The number of aromatic nitrogens is 1. The quantitative estimate of drug-likeness (QED) is 0.637. The molecule has 0 fully saturated rings. The number of pyridine rings is 1. The molecule has 0 spiro atoms. The van der Waals surface area contributed by atoms with Gasteiger partial charge in [-0.3, -0.25) is 0 Å². The highest BCUT2D eigenvalue weighted by molar-refractivity contribution is 5.85. The van der Waals surface area contributed by atoms with E-state index in [9.17, 15) is 0 Å². The van der Waals surface area contributed by atoms with Gasteiger partial charge in [0, 0.05) is 17.2 Å². The van der Waals surface area contributed by atoms with E-state index in [1.54, 1.807) is 13.2 Å². The maximum Gasteiger partial charge on any atom is 0.230 e. The van der Waals surface area contributed by atoms with E-state index in [1.807, 2.05) is 30.3 Å². The van der Waals surface area contributed by atoms with Crippen LogP contribution in [0.4, 0.5) is 0 Å². The Balaban J connectivity index is 2.16. The van der Waals surface area contributed by atoms with Crippen LogP contribution in [-0.4, -0.2) is 12.1 Å². The van der Waals surface area contributed by atoms with E-state index in [4.69, 9.17) is 9.47 Å². The molecule has 0 saturated heterocycles. The van der Waals surface area contributed by atoms with E-state index >= 15 is 0 Å². The first-order chi connectivity index (χ1) is 8.29. The first kappa shape index (κ1) is 9.90. The number of para-hydroxylation sites is 1. The fourth-order valence-corrected chi connectivity index (χ4v) is 1.90. The van der Waals surface area contributed by atoms with E-state index < -0.39 is 0 Å². The minimum Gasteiger partial charge on any atom is -0.481 e. The van der Waals surface area contributed by atoms with Crippen molar-refractivity contribution >= 4 is 5.57 Å². The van der Waals surface area contributed by atoms with Gasteiger partial charge in [-0.15, -0.1) is 0 Å². The highest BCUT2D eigenvalue weighted by Gasteiger charge is 2.21. The largest absolute Gasteiger partial charge is 0.481 e. The Morgan fingerprint density at radius 2 is 1.94 bits per heavy atom. The van der Waals surface area contributed by atoms with Crippen LogP contribution in [0.15, 0.2) is 43.0 Å². The summed E-state index contributed by atoms with van der Waals surface area (Å²) >= 11 is 0. The van der Waals surface area contributed by atoms with Crippen LogP contribution < -0.4 is 9.47 Å². The Labute approximate surface area is 99.3 Å². The number of benzene rings is 1. The zero-order valence-electron chi connectivity index (χ0n) is 9.43. The molecule has 0 bridgehead atoms. The lowest BCUT2D eigenvalue weighted by Crippen LogP contribution is -2.04. The zero-order chi connectivity index (χ0) is 11.8. The van der Waals surface area contributed by atoms with Gasteiger partial charge in [0.05, 0.1) is 7.11 Å². The van der Waals surface area contributed by atoms with Gasteiger partial charge >= 0.3 is 0 Å². The van der Waals surface area contributed by atoms with Crippen LogP contribution in [0.2, 0.25) is 0 Å². The van der Waals surface area contributed by atoms with Crippen molar-refractivity contribution in [1.29, 1.82) is 0 Å². The molecule has 1 aliphatic heterocycles. The summed E-state index contributed by atoms with van der Waals surface area (Å²) in [7, 11) is 1.58. The van der Waals surface area contributed by atoms with Crippen molar-refractivity contribution in [2.75, 3.05) is 7.11 Å². The van der Waals surface area contributed by atoms with E-state index in [-0.39, 0.29) is 0 Å². The molecule has 2 aromatic rings. The van der Waals surface area contributed by atoms with Crippen LogP contribution in [0, 0.1) is 0 Å². The van der Waals surface area contributed by atoms with Gasteiger partial charge in [-0.1, -0.05) is 24.8 Å². The third-order valence-corrected chi connectivity index (χ3v) is 2.79. The van der Waals surface area contributed by atoms with Crippen molar-refractivity contribution in [3.8, 4) is 17.5 Å². The van der Waals surface area contributed by atoms with Gasteiger partial charge in [-0.05, 0) is 17.7 Å². The fraction of sp³-hybridized carbons (Fsp3) is 0.0714. The normalized spacial score (nSPS) is 12.4. The van der Waals surface area contributed by atoms with Gasteiger partial charge in [-0.25, -0.2) is 0 Å². The summed E-state index contributed by atoms with van der Waals surface area (Å²) in [4.78, 5) is 4.28. The first-order valence-corrected chi connectivity index (χ1v) is 5.31. The molecule has 3 rings (SSSR count). The maximum atomic E-state index is 5.74. The number of methoxy groups -OCH3 is 1. The number of nitrogens with zero attached hydrogens (tertiary/aromatic N) is 1. The number of rotatable bonds is 1. The van der Waals surface area contributed by atoms with Crippen LogP contribution in [-0.2, 0) is 0 Å². The Morgan fingerprint density at radius 1 is 1.12 bits per heavy atom. The molecule has 1 aliphatic rings. The molecule has 0 unspecified atom stereocenters. The van der Waals surface area contributed by atoms with Gasteiger partial charge in [0.2, 0.25) is 11.8 Å². The SMILES string of the molecule is C=C1c2ccccc2Oc2nc(OC)ccc21. The third-order valence-electron chi connectivity index (χ3n) is 2.79. The Hall–Kier alpha value is -2.29. The summed E-state index contributed by atoms with van der Waals surface area (Å²) < 4.78 is 10.8. The van der Waals surface area contributed by atoms with Crippen LogP contribution in [0.25, 0.3) is 5.57 Å². The van der Waals surface area contributed by atoms with Gasteiger partial charge in [0.25, 0.3) is 0 Å². The highest BCUT2D eigenvalue weighted by Crippen LogP contribution is 2.41. The molecule has 0 aliphatic carbocycles. The van der Waals surface area contributed by atoms with Crippen molar-refractivity contribution in [2.45, 2.75) is 0 Å². The number of hydrogen-bond donors (Lipinski definition) is 0. The molecular weight excluding hydrogens is 214 g/mol. The Bertz CT molecular complexity index is 605. The van der Waals surface area contributed by atoms with Crippen LogP contribution in [0.5, 0.6) is 17.5 Å². The molecule has 0 N–H and O–H groups in total. The van der Waals surface area contributed by atoms with Crippen molar-refractivity contribution in [3.05, 3.63) is 54.1 Å². The Kier molecular flexibility index (Phi) is 2.11. The van der Waals surface area contributed by atoms with Crippen molar-refractivity contribution < 1.29 is 9.47 Å². The second kappa shape index (κ2) is 3.63. The summed E-state index contributed by atoms with van der Waals surface area (Å²) in [5.74, 6) is 1.87. The second-order valence-corrected chi connectivity index (χ2v) is 3.78. The van der Waals surface area contributed by atoms with Crippen molar-refractivity contribution in [2.24, 2.45) is 0 Å². The predicted molar refractivity (Wildman–Crippen MR) is 65.4 cm³/mol. The first-order valence-electron chi connectivity index (χ1n) is 5.31. The monoisotopic (exact) mass is 225 g/mol. The maximum absolute atomic E-state index is 5.74. The molecule has 0 saturated carbocycles. The van der Waals surface area contributed by atoms with E-state index in [2.05, 4.69) is 11.6 Å². The third kappa shape index (κ3) is 1.47. The molecule has 2 heterocycles. The molecule has 1 aromatic heterocycles. The lowest BCUT2D eigenvalue weighted by molar-refractivity contribution is 0.381. The van der Waals surface area contributed by atoms with Gasteiger partial charge in [-0.2, -0.15) is 4.98 Å².